The summed E-state index contributed by atoms with van der Waals surface area (Å²) in [5.41, 5.74) is 2.91. The molecule has 102 valence electrons. The quantitative estimate of drug-likeness (QED) is 0.903. The molecule has 1 amide bonds. The van der Waals surface area contributed by atoms with Gasteiger partial charge in [-0.15, -0.1) is 0 Å². The van der Waals surface area contributed by atoms with Gasteiger partial charge in [-0.2, -0.15) is 0 Å². The zero-order valence-corrected chi connectivity index (χ0v) is 11.7. The van der Waals surface area contributed by atoms with Crippen LogP contribution < -0.4 is 10.6 Å². The first kappa shape index (κ1) is 13.0. The maximum atomic E-state index is 12.1. The van der Waals surface area contributed by atoms with E-state index in [2.05, 4.69) is 22.8 Å². The van der Waals surface area contributed by atoms with Crippen molar-refractivity contribution in [2.24, 2.45) is 0 Å². The van der Waals surface area contributed by atoms with E-state index >= 15 is 0 Å². The monoisotopic (exact) mass is 286 g/mol. The Morgan fingerprint density at radius 2 is 1.85 bits per heavy atom. The lowest BCUT2D eigenvalue weighted by molar-refractivity contribution is -0.117. The maximum Gasteiger partial charge on any atom is 0.246 e. The van der Waals surface area contributed by atoms with Gasteiger partial charge in [0.05, 0.1) is 11.4 Å². The minimum Gasteiger partial charge on any atom is -0.372 e. The van der Waals surface area contributed by atoms with E-state index in [0.29, 0.717) is 5.02 Å². The molecule has 0 bridgehead atoms. The molecule has 3 rings (SSSR count). The molecule has 2 aromatic rings. The van der Waals surface area contributed by atoms with E-state index < -0.39 is 0 Å². The lowest BCUT2D eigenvalue weighted by Crippen LogP contribution is -2.39. The molecule has 0 spiro atoms. The van der Waals surface area contributed by atoms with Gasteiger partial charge in [0.1, 0.15) is 6.04 Å². The number of nitrogens with one attached hydrogen (secondary N) is 2. The molecule has 0 radical (unpaired) electrons. The molecule has 0 saturated carbocycles. The molecule has 1 aliphatic heterocycles. The van der Waals surface area contributed by atoms with E-state index in [9.17, 15) is 4.79 Å². The number of hydrogen-bond acceptors (Lipinski definition) is 2. The van der Waals surface area contributed by atoms with Crippen LogP contribution in [0.1, 0.15) is 12.0 Å². The zero-order valence-electron chi connectivity index (χ0n) is 10.9. The second kappa shape index (κ2) is 5.55. The van der Waals surface area contributed by atoms with Crippen molar-refractivity contribution in [2.45, 2.75) is 18.9 Å². The van der Waals surface area contributed by atoms with Gasteiger partial charge in [-0.25, -0.2) is 0 Å². The molecule has 2 N–H and O–H groups in total. The number of amides is 1. The third kappa shape index (κ3) is 2.78. The van der Waals surface area contributed by atoms with Crippen molar-refractivity contribution in [3.8, 4) is 0 Å². The fourth-order valence-corrected chi connectivity index (χ4v) is 2.55. The second-order valence-corrected chi connectivity index (χ2v) is 5.34. The summed E-state index contributed by atoms with van der Waals surface area (Å²) in [5.74, 6) is 0.00996. The molecule has 0 aliphatic carbocycles. The number of rotatable bonds is 3. The molecule has 1 heterocycles. The Bertz CT molecular complexity index is 628. The fourth-order valence-electron chi connectivity index (χ4n) is 2.38. The molecule has 3 nitrogen and oxygen atoms in total. The summed E-state index contributed by atoms with van der Waals surface area (Å²) in [4.78, 5) is 12.1. The normalized spacial score (nSPS) is 17.1. The number of hydrogen-bond donors (Lipinski definition) is 2. The van der Waals surface area contributed by atoms with E-state index in [4.69, 9.17) is 11.6 Å². The Kier molecular flexibility index (Phi) is 3.61. The van der Waals surface area contributed by atoms with Gasteiger partial charge in [-0.05, 0) is 36.6 Å². The van der Waals surface area contributed by atoms with Gasteiger partial charge in [0.15, 0.2) is 0 Å². The fraction of sp³-hybridized carbons (Fsp3) is 0.188. The number of fused-ring (bicyclic) bond motifs is 1. The smallest absolute Gasteiger partial charge is 0.246 e. The highest BCUT2D eigenvalue weighted by molar-refractivity contribution is 6.31. The van der Waals surface area contributed by atoms with Crippen LogP contribution >= 0.6 is 11.6 Å². The summed E-state index contributed by atoms with van der Waals surface area (Å²) in [6.07, 6.45) is 1.61. The summed E-state index contributed by atoms with van der Waals surface area (Å²) >= 11 is 5.98. The van der Waals surface area contributed by atoms with E-state index in [1.807, 2.05) is 30.3 Å². The molecule has 1 atom stereocenters. The molecule has 0 fully saturated rings. The Labute approximate surface area is 123 Å². The van der Waals surface area contributed by atoms with Crippen LogP contribution in [0.3, 0.4) is 0 Å². The number of carbonyl (C=O) groups excluding carboxylic acids is 1. The van der Waals surface area contributed by atoms with Crippen molar-refractivity contribution in [3.05, 3.63) is 59.1 Å². The van der Waals surface area contributed by atoms with Gasteiger partial charge in [-0.1, -0.05) is 41.9 Å². The highest BCUT2D eigenvalue weighted by atomic mass is 35.5. The topological polar surface area (TPSA) is 41.1 Å². The number of carbonyl (C=O) groups is 1. The highest BCUT2D eigenvalue weighted by Gasteiger charge is 2.24. The predicted molar refractivity (Wildman–Crippen MR) is 82.3 cm³/mol. The second-order valence-electron chi connectivity index (χ2n) is 4.90. The van der Waals surface area contributed by atoms with Gasteiger partial charge < -0.3 is 10.6 Å². The summed E-state index contributed by atoms with van der Waals surface area (Å²) in [6.45, 7) is 0. The van der Waals surface area contributed by atoms with Crippen LogP contribution in [0, 0.1) is 0 Å². The first-order valence-corrected chi connectivity index (χ1v) is 7.01. The van der Waals surface area contributed by atoms with Crippen molar-refractivity contribution >= 4 is 28.9 Å². The summed E-state index contributed by atoms with van der Waals surface area (Å²) < 4.78 is 0. The summed E-state index contributed by atoms with van der Waals surface area (Å²) in [6, 6.07) is 15.4. The molecule has 2 aromatic carbocycles. The van der Waals surface area contributed by atoms with Crippen LogP contribution in [0.5, 0.6) is 0 Å². The van der Waals surface area contributed by atoms with Crippen molar-refractivity contribution < 1.29 is 4.79 Å². The van der Waals surface area contributed by atoms with Gasteiger partial charge in [-0.3, -0.25) is 4.79 Å². The van der Waals surface area contributed by atoms with Crippen LogP contribution in [0.15, 0.2) is 48.5 Å². The first-order chi connectivity index (χ1) is 9.72. The van der Waals surface area contributed by atoms with Gasteiger partial charge in [0.2, 0.25) is 5.91 Å². The van der Waals surface area contributed by atoms with Crippen molar-refractivity contribution in [1.82, 2.24) is 0 Å². The van der Waals surface area contributed by atoms with Crippen molar-refractivity contribution in [3.63, 3.8) is 0 Å². The minimum absolute atomic E-state index is 0.00996. The Morgan fingerprint density at radius 1 is 1.05 bits per heavy atom. The largest absolute Gasteiger partial charge is 0.372 e. The van der Waals surface area contributed by atoms with Crippen LogP contribution in [0.25, 0.3) is 0 Å². The van der Waals surface area contributed by atoms with Crippen molar-refractivity contribution in [1.29, 1.82) is 0 Å². The molecular formula is C16H15ClN2O. The minimum atomic E-state index is -0.221. The van der Waals surface area contributed by atoms with Gasteiger partial charge >= 0.3 is 0 Å². The predicted octanol–water partition coefficient (Wildman–Crippen LogP) is 3.71. The van der Waals surface area contributed by atoms with E-state index in [0.717, 1.165) is 24.2 Å². The lowest BCUT2D eigenvalue weighted by atomic mass is 10.0. The molecule has 4 heteroatoms. The van der Waals surface area contributed by atoms with Crippen LogP contribution in [0.4, 0.5) is 11.4 Å². The maximum absolute atomic E-state index is 12.1. The molecule has 0 aromatic heterocycles. The van der Waals surface area contributed by atoms with Crippen LogP contribution in [-0.4, -0.2) is 11.9 Å². The van der Waals surface area contributed by atoms with E-state index in [1.54, 1.807) is 6.07 Å². The summed E-state index contributed by atoms with van der Waals surface area (Å²) in [5, 5.41) is 6.84. The molecule has 0 saturated heterocycles. The average molecular weight is 287 g/mol. The van der Waals surface area contributed by atoms with E-state index in [-0.39, 0.29) is 11.9 Å². The molecule has 1 unspecified atom stereocenters. The third-order valence-electron chi connectivity index (χ3n) is 3.45. The zero-order chi connectivity index (χ0) is 13.9. The number of benzene rings is 2. The molecular weight excluding hydrogens is 272 g/mol. The molecule has 20 heavy (non-hydrogen) atoms. The first-order valence-electron chi connectivity index (χ1n) is 6.63. The van der Waals surface area contributed by atoms with E-state index in [1.165, 1.54) is 5.56 Å². The number of aryl methyl sites for hydroxylation is 1. The van der Waals surface area contributed by atoms with Gasteiger partial charge in [0, 0.05) is 5.02 Å². The average Bonchev–Trinajstić information content (AvgIpc) is 2.46. The third-order valence-corrected chi connectivity index (χ3v) is 3.69. The van der Waals surface area contributed by atoms with Crippen LogP contribution in [-0.2, 0) is 11.2 Å². The Morgan fingerprint density at radius 3 is 2.65 bits per heavy atom. The molecule has 1 aliphatic rings. The SMILES string of the molecule is O=C1Nc2ccc(Cl)cc2NC1CCc1ccccc1. The van der Waals surface area contributed by atoms with Gasteiger partial charge in [0.25, 0.3) is 0 Å². The number of halogens is 1. The highest BCUT2D eigenvalue weighted by Crippen LogP contribution is 2.30. The number of anilines is 2. The standard InChI is InChI=1S/C16H15ClN2O/c17-12-7-9-13-15(10-12)18-14(16(20)19-13)8-6-11-4-2-1-3-5-11/h1-5,7,9-10,14,18H,6,8H2,(H,19,20). The van der Waals surface area contributed by atoms with Crippen LogP contribution in [0.2, 0.25) is 5.02 Å². The Balaban J connectivity index is 1.70. The van der Waals surface area contributed by atoms with Crippen molar-refractivity contribution in [2.75, 3.05) is 10.6 Å². The lowest BCUT2D eigenvalue weighted by Gasteiger charge is -2.27. The Hall–Kier alpha value is -2.00. The summed E-state index contributed by atoms with van der Waals surface area (Å²) in [7, 11) is 0.